The van der Waals surface area contributed by atoms with E-state index in [9.17, 15) is 4.79 Å². The van der Waals surface area contributed by atoms with Crippen LogP contribution in [0.5, 0.6) is 0 Å². The largest absolute Gasteiger partial charge is 0.465 e. The Kier molecular flexibility index (Phi) is 4.22. The molecule has 1 unspecified atom stereocenters. The van der Waals surface area contributed by atoms with Crippen LogP contribution < -0.4 is 5.73 Å². The van der Waals surface area contributed by atoms with Gasteiger partial charge in [0.05, 0.1) is 6.61 Å². The molecule has 0 amide bonds. The van der Waals surface area contributed by atoms with E-state index in [2.05, 4.69) is 0 Å². The number of carbonyl (C=O) groups excluding carboxylic acids is 1. The van der Waals surface area contributed by atoms with Crippen molar-refractivity contribution in [1.29, 1.82) is 0 Å². The van der Waals surface area contributed by atoms with Crippen molar-refractivity contribution in [3.05, 3.63) is 0 Å². The van der Waals surface area contributed by atoms with Crippen LogP contribution in [0.3, 0.4) is 0 Å². The SMILES string of the molecule is CCC(=O)OCC1CCCC[C@@H]1N. The number of rotatable bonds is 3. The summed E-state index contributed by atoms with van der Waals surface area (Å²) in [6.45, 7) is 2.33. The Balaban J connectivity index is 2.22. The summed E-state index contributed by atoms with van der Waals surface area (Å²) in [5.74, 6) is 0.280. The second-order valence-electron chi connectivity index (χ2n) is 3.74. The summed E-state index contributed by atoms with van der Waals surface area (Å²) in [5, 5.41) is 0. The van der Waals surface area contributed by atoms with Gasteiger partial charge in [0.2, 0.25) is 0 Å². The molecule has 1 fully saturated rings. The van der Waals surface area contributed by atoms with Crippen molar-refractivity contribution < 1.29 is 9.53 Å². The molecule has 1 saturated carbocycles. The molecule has 1 aliphatic carbocycles. The molecule has 13 heavy (non-hydrogen) atoms. The van der Waals surface area contributed by atoms with Gasteiger partial charge in [-0.05, 0) is 12.8 Å². The number of nitrogens with two attached hydrogens (primary N) is 1. The average molecular weight is 185 g/mol. The van der Waals surface area contributed by atoms with Gasteiger partial charge in [-0.15, -0.1) is 0 Å². The molecule has 0 bridgehead atoms. The first-order valence-electron chi connectivity index (χ1n) is 5.15. The van der Waals surface area contributed by atoms with Crippen LogP contribution in [0.15, 0.2) is 0 Å². The lowest BCUT2D eigenvalue weighted by molar-refractivity contribution is -0.145. The van der Waals surface area contributed by atoms with Crippen LogP contribution in [0, 0.1) is 5.92 Å². The van der Waals surface area contributed by atoms with Gasteiger partial charge < -0.3 is 10.5 Å². The van der Waals surface area contributed by atoms with Crippen molar-refractivity contribution in [2.75, 3.05) is 6.61 Å². The third-order valence-corrected chi connectivity index (χ3v) is 2.71. The molecular weight excluding hydrogens is 166 g/mol. The Morgan fingerprint density at radius 2 is 2.15 bits per heavy atom. The Hall–Kier alpha value is -0.570. The summed E-state index contributed by atoms with van der Waals surface area (Å²) < 4.78 is 5.08. The van der Waals surface area contributed by atoms with E-state index in [0.717, 1.165) is 12.8 Å². The second-order valence-corrected chi connectivity index (χ2v) is 3.74. The van der Waals surface area contributed by atoms with Gasteiger partial charge in [0.25, 0.3) is 0 Å². The molecular formula is C10H19NO2. The normalized spacial score (nSPS) is 28.5. The number of carbonyl (C=O) groups is 1. The van der Waals surface area contributed by atoms with E-state index in [1.54, 1.807) is 0 Å². The van der Waals surface area contributed by atoms with Crippen LogP contribution >= 0.6 is 0 Å². The fourth-order valence-electron chi connectivity index (χ4n) is 1.75. The molecule has 0 heterocycles. The first-order chi connectivity index (χ1) is 6.24. The first kappa shape index (κ1) is 10.5. The second kappa shape index (κ2) is 5.22. The minimum atomic E-state index is -0.113. The fraction of sp³-hybridized carbons (Fsp3) is 0.900. The van der Waals surface area contributed by atoms with Gasteiger partial charge in [-0.2, -0.15) is 0 Å². The molecule has 0 spiro atoms. The summed E-state index contributed by atoms with van der Waals surface area (Å²) in [7, 11) is 0. The van der Waals surface area contributed by atoms with Crippen LogP contribution in [-0.2, 0) is 9.53 Å². The molecule has 1 rings (SSSR count). The Bertz CT molecular complexity index is 170. The lowest BCUT2D eigenvalue weighted by atomic mass is 9.86. The van der Waals surface area contributed by atoms with Crippen molar-refractivity contribution >= 4 is 5.97 Å². The minimum Gasteiger partial charge on any atom is -0.465 e. The number of hydrogen-bond donors (Lipinski definition) is 1. The topological polar surface area (TPSA) is 52.3 Å². The van der Waals surface area contributed by atoms with Gasteiger partial charge in [-0.1, -0.05) is 19.8 Å². The minimum absolute atomic E-state index is 0.113. The van der Waals surface area contributed by atoms with Gasteiger partial charge in [-0.3, -0.25) is 4.79 Å². The summed E-state index contributed by atoms with van der Waals surface area (Å²) in [5.41, 5.74) is 5.92. The molecule has 3 heteroatoms. The zero-order valence-corrected chi connectivity index (χ0v) is 8.29. The summed E-state index contributed by atoms with van der Waals surface area (Å²) in [6, 6.07) is 0.235. The summed E-state index contributed by atoms with van der Waals surface area (Å²) in [4.78, 5) is 10.9. The maximum Gasteiger partial charge on any atom is 0.305 e. The third-order valence-electron chi connectivity index (χ3n) is 2.71. The van der Waals surface area contributed by atoms with Crippen molar-refractivity contribution in [3.8, 4) is 0 Å². The standard InChI is InChI=1S/C10H19NO2/c1-2-10(12)13-7-8-5-3-4-6-9(8)11/h8-9H,2-7,11H2,1H3/t8?,9-/m0/s1. The van der Waals surface area contributed by atoms with E-state index in [-0.39, 0.29) is 12.0 Å². The predicted molar refractivity (Wildman–Crippen MR) is 51.2 cm³/mol. The monoisotopic (exact) mass is 185 g/mol. The van der Waals surface area contributed by atoms with Gasteiger partial charge >= 0.3 is 5.97 Å². The predicted octanol–water partition coefficient (Wildman–Crippen LogP) is 1.46. The van der Waals surface area contributed by atoms with Crippen molar-refractivity contribution in [2.45, 2.75) is 45.1 Å². The van der Waals surface area contributed by atoms with E-state index in [1.165, 1.54) is 12.8 Å². The van der Waals surface area contributed by atoms with Gasteiger partial charge in [0.1, 0.15) is 0 Å². The smallest absolute Gasteiger partial charge is 0.305 e. The van der Waals surface area contributed by atoms with Crippen LogP contribution in [0.2, 0.25) is 0 Å². The maximum absolute atomic E-state index is 10.9. The number of ether oxygens (including phenoxy) is 1. The molecule has 1 aliphatic rings. The zero-order valence-electron chi connectivity index (χ0n) is 8.29. The highest BCUT2D eigenvalue weighted by atomic mass is 16.5. The highest BCUT2D eigenvalue weighted by Crippen LogP contribution is 2.23. The van der Waals surface area contributed by atoms with Crippen molar-refractivity contribution in [1.82, 2.24) is 0 Å². The summed E-state index contributed by atoms with van der Waals surface area (Å²) in [6.07, 6.45) is 5.09. The van der Waals surface area contributed by atoms with Crippen molar-refractivity contribution in [2.24, 2.45) is 11.7 Å². The Morgan fingerprint density at radius 3 is 2.77 bits per heavy atom. The molecule has 2 N–H and O–H groups in total. The highest BCUT2D eigenvalue weighted by Gasteiger charge is 2.22. The van der Waals surface area contributed by atoms with Gasteiger partial charge in [-0.25, -0.2) is 0 Å². The maximum atomic E-state index is 10.9. The van der Waals surface area contributed by atoms with E-state index in [0.29, 0.717) is 18.9 Å². The molecule has 0 saturated heterocycles. The molecule has 2 atom stereocenters. The molecule has 0 aromatic heterocycles. The molecule has 3 nitrogen and oxygen atoms in total. The molecule has 0 aliphatic heterocycles. The van der Waals surface area contributed by atoms with E-state index in [1.807, 2.05) is 6.92 Å². The number of hydrogen-bond acceptors (Lipinski definition) is 3. The molecule has 76 valence electrons. The van der Waals surface area contributed by atoms with Crippen LogP contribution in [0.25, 0.3) is 0 Å². The quantitative estimate of drug-likeness (QED) is 0.677. The molecule has 0 radical (unpaired) electrons. The number of esters is 1. The van der Waals surface area contributed by atoms with Crippen LogP contribution in [-0.4, -0.2) is 18.6 Å². The van der Waals surface area contributed by atoms with Crippen LogP contribution in [0.4, 0.5) is 0 Å². The Morgan fingerprint density at radius 1 is 1.46 bits per heavy atom. The Labute approximate surface area is 79.6 Å². The zero-order chi connectivity index (χ0) is 9.68. The lowest BCUT2D eigenvalue weighted by Crippen LogP contribution is -2.36. The average Bonchev–Trinajstić information content (AvgIpc) is 2.16. The molecule has 0 aromatic carbocycles. The van der Waals surface area contributed by atoms with E-state index >= 15 is 0 Å². The highest BCUT2D eigenvalue weighted by molar-refractivity contribution is 5.68. The third kappa shape index (κ3) is 3.35. The van der Waals surface area contributed by atoms with E-state index < -0.39 is 0 Å². The summed E-state index contributed by atoms with van der Waals surface area (Å²) >= 11 is 0. The molecule has 0 aromatic rings. The lowest BCUT2D eigenvalue weighted by Gasteiger charge is -2.27. The van der Waals surface area contributed by atoms with Crippen LogP contribution in [0.1, 0.15) is 39.0 Å². The fourth-order valence-corrected chi connectivity index (χ4v) is 1.75. The van der Waals surface area contributed by atoms with E-state index in [4.69, 9.17) is 10.5 Å². The van der Waals surface area contributed by atoms with Gasteiger partial charge in [0.15, 0.2) is 0 Å². The first-order valence-corrected chi connectivity index (χ1v) is 5.15. The van der Waals surface area contributed by atoms with Crippen molar-refractivity contribution in [3.63, 3.8) is 0 Å². The van der Waals surface area contributed by atoms with Gasteiger partial charge in [0, 0.05) is 18.4 Å².